The molecule has 2 atom stereocenters. The number of rotatable bonds is 4. The predicted molar refractivity (Wildman–Crippen MR) is 80.1 cm³/mol. The number of nitrogens with two attached hydrogens (primary N) is 1. The average molecular weight is 266 g/mol. The van der Waals surface area contributed by atoms with Gasteiger partial charge in [-0.2, -0.15) is 0 Å². The summed E-state index contributed by atoms with van der Waals surface area (Å²) in [7, 11) is 0. The first-order valence-corrected chi connectivity index (χ1v) is 8.08. The topological polar surface area (TPSA) is 29.3 Å². The summed E-state index contributed by atoms with van der Waals surface area (Å²) in [6.07, 6.45) is 5.19. The normalized spacial score (nSPS) is 26.2. The van der Waals surface area contributed by atoms with E-state index in [-0.39, 0.29) is 0 Å². The quantitative estimate of drug-likeness (QED) is 0.902. The summed E-state index contributed by atoms with van der Waals surface area (Å²) in [6, 6.07) is 5.14. The second-order valence-corrected chi connectivity index (χ2v) is 6.74. The molecule has 0 aliphatic carbocycles. The van der Waals surface area contributed by atoms with Crippen LogP contribution in [0.5, 0.6) is 0 Å². The molecular formula is C15H26N2S. The maximum absolute atomic E-state index is 6.04. The molecule has 3 heteroatoms. The number of likely N-dealkylation sites (tertiary alicyclic amines) is 1. The monoisotopic (exact) mass is 266 g/mol. The molecule has 1 saturated heterocycles. The van der Waals surface area contributed by atoms with E-state index >= 15 is 0 Å². The van der Waals surface area contributed by atoms with Crippen molar-refractivity contribution in [2.45, 2.75) is 45.6 Å². The van der Waals surface area contributed by atoms with E-state index in [1.807, 2.05) is 11.3 Å². The molecule has 18 heavy (non-hydrogen) atoms. The summed E-state index contributed by atoms with van der Waals surface area (Å²) in [5, 5.41) is 0. The Balaban J connectivity index is 2.25. The fourth-order valence-corrected chi connectivity index (χ4v) is 4.23. The SMILES string of the molecule is CCCN1CCCCC(CN)C1c1ccc(C)s1. The molecule has 1 aromatic rings. The average Bonchev–Trinajstić information content (AvgIpc) is 2.68. The van der Waals surface area contributed by atoms with Crippen LogP contribution >= 0.6 is 11.3 Å². The summed E-state index contributed by atoms with van der Waals surface area (Å²) in [4.78, 5) is 5.62. The Labute approximate surface area is 115 Å². The first-order chi connectivity index (χ1) is 8.76. The van der Waals surface area contributed by atoms with E-state index in [4.69, 9.17) is 5.73 Å². The van der Waals surface area contributed by atoms with Gasteiger partial charge in [0.15, 0.2) is 0 Å². The van der Waals surface area contributed by atoms with Crippen molar-refractivity contribution in [3.05, 3.63) is 21.9 Å². The van der Waals surface area contributed by atoms with Crippen LogP contribution in [0.1, 0.15) is 48.4 Å². The van der Waals surface area contributed by atoms with Crippen LogP contribution in [-0.2, 0) is 0 Å². The Morgan fingerprint density at radius 2 is 2.22 bits per heavy atom. The van der Waals surface area contributed by atoms with Crippen molar-refractivity contribution in [2.24, 2.45) is 11.7 Å². The van der Waals surface area contributed by atoms with Gasteiger partial charge in [0.05, 0.1) is 0 Å². The molecule has 2 rings (SSSR count). The molecule has 1 fully saturated rings. The van der Waals surface area contributed by atoms with Crippen molar-refractivity contribution >= 4 is 11.3 Å². The fourth-order valence-electron chi connectivity index (χ4n) is 3.13. The van der Waals surface area contributed by atoms with Crippen LogP contribution in [0.3, 0.4) is 0 Å². The highest BCUT2D eigenvalue weighted by atomic mass is 32.1. The van der Waals surface area contributed by atoms with E-state index in [2.05, 4.69) is 30.9 Å². The van der Waals surface area contributed by atoms with E-state index in [0.717, 1.165) is 6.54 Å². The van der Waals surface area contributed by atoms with Crippen molar-refractivity contribution in [1.29, 1.82) is 0 Å². The molecule has 0 spiro atoms. The van der Waals surface area contributed by atoms with E-state index < -0.39 is 0 Å². The number of aryl methyl sites for hydroxylation is 1. The highest BCUT2D eigenvalue weighted by Crippen LogP contribution is 2.37. The fraction of sp³-hybridized carbons (Fsp3) is 0.733. The number of nitrogens with zero attached hydrogens (tertiary/aromatic N) is 1. The van der Waals surface area contributed by atoms with Gasteiger partial charge < -0.3 is 5.73 Å². The Bertz CT molecular complexity index is 361. The largest absolute Gasteiger partial charge is 0.330 e. The zero-order chi connectivity index (χ0) is 13.0. The number of hydrogen-bond donors (Lipinski definition) is 1. The van der Waals surface area contributed by atoms with Gasteiger partial charge in [0, 0.05) is 15.8 Å². The van der Waals surface area contributed by atoms with Gasteiger partial charge >= 0.3 is 0 Å². The molecule has 102 valence electrons. The minimum absolute atomic E-state index is 0.566. The first-order valence-electron chi connectivity index (χ1n) is 7.26. The second-order valence-electron chi connectivity index (χ2n) is 5.42. The van der Waals surface area contributed by atoms with Gasteiger partial charge in [0.1, 0.15) is 0 Å². The van der Waals surface area contributed by atoms with Crippen LogP contribution in [0.4, 0.5) is 0 Å². The molecule has 2 nitrogen and oxygen atoms in total. The molecule has 0 amide bonds. The molecule has 0 aromatic carbocycles. The Hall–Kier alpha value is -0.380. The summed E-state index contributed by atoms with van der Waals surface area (Å²) in [5.74, 6) is 0.636. The number of hydrogen-bond acceptors (Lipinski definition) is 3. The third-order valence-electron chi connectivity index (χ3n) is 3.98. The summed E-state index contributed by atoms with van der Waals surface area (Å²) < 4.78 is 0. The van der Waals surface area contributed by atoms with Crippen LogP contribution in [0.15, 0.2) is 12.1 Å². The van der Waals surface area contributed by atoms with Gasteiger partial charge in [-0.25, -0.2) is 0 Å². The zero-order valence-corrected chi connectivity index (χ0v) is 12.5. The maximum Gasteiger partial charge on any atom is 0.0481 e. The van der Waals surface area contributed by atoms with Crippen LogP contribution in [-0.4, -0.2) is 24.5 Å². The Kier molecular flexibility index (Phi) is 5.22. The second kappa shape index (κ2) is 6.69. The smallest absolute Gasteiger partial charge is 0.0481 e. The van der Waals surface area contributed by atoms with E-state index in [9.17, 15) is 0 Å². The molecule has 0 saturated carbocycles. The lowest BCUT2D eigenvalue weighted by Gasteiger charge is -2.33. The van der Waals surface area contributed by atoms with Crippen molar-refractivity contribution in [2.75, 3.05) is 19.6 Å². The molecule has 0 radical (unpaired) electrons. The third kappa shape index (κ3) is 3.14. The molecule has 1 aliphatic rings. The molecule has 2 heterocycles. The van der Waals surface area contributed by atoms with Crippen LogP contribution < -0.4 is 5.73 Å². The van der Waals surface area contributed by atoms with Crippen LogP contribution in [0, 0.1) is 12.8 Å². The molecule has 1 aliphatic heterocycles. The molecule has 2 N–H and O–H groups in total. The summed E-state index contributed by atoms with van der Waals surface area (Å²) in [6.45, 7) is 7.75. The predicted octanol–water partition coefficient (Wildman–Crippen LogP) is 3.57. The zero-order valence-electron chi connectivity index (χ0n) is 11.7. The van der Waals surface area contributed by atoms with Crippen LogP contribution in [0.2, 0.25) is 0 Å². The van der Waals surface area contributed by atoms with Gasteiger partial charge in [0.2, 0.25) is 0 Å². The van der Waals surface area contributed by atoms with E-state index in [1.165, 1.54) is 48.5 Å². The minimum atomic E-state index is 0.566. The van der Waals surface area contributed by atoms with E-state index in [0.29, 0.717) is 12.0 Å². The Morgan fingerprint density at radius 1 is 1.39 bits per heavy atom. The molecule has 0 bridgehead atoms. The van der Waals surface area contributed by atoms with E-state index in [1.54, 1.807) is 0 Å². The van der Waals surface area contributed by atoms with Crippen molar-refractivity contribution in [1.82, 2.24) is 4.90 Å². The molecule has 2 unspecified atom stereocenters. The highest BCUT2D eigenvalue weighted by molar-refractivity contribution is 7.12. The first kappa shape index (κ1) is 14.0. The lowest BCUT2D eigenvalue weighted by molar-refractivity contribution is 0.161. The molecular weight excluding hydrogens is 240 g/mol. The van der Waals surface area contributed by atoms with Crippen molar-refractivity contribution in [3.8, 4) is 0 Å². The summed E-state index contributed by atoms with van der Waals surface area (Å²) in [5.41, 5.74) is 6.04. The summed E-state index contributed by atoms with van der Waals surface area (Å²) >= 11 is 1.96. The van der Waals surface area contributed by atoms with Gasteiger partial charge in [0.25, 0.3) is 0 Å². The molecule has 1 aromatic heterocycles. The van der Waals surface area contributed by atoms with Gasteiger partial charge in [-0.15, -0.1) is 11.3 Å². The van der Waals surface area contributed by atoms with Crippen molar-refractivity contribution < 1.29 is 0 Å². The Morgan fingerprint density at radius 3 is 2.83 bits per heavy atom. The lowest BCUT2D eigenvalue weighted by Crippen LogP contribution is -2.35. The third-order valence-corrected chi connectivity index (χ3v) is 5.05. The maximum atomic E-state index is 6.04. The lowest BCUT2D eigenvalue weighted by atomic mass is 9.93. The minimum Gasteiger partial charge on any atom is -0.330 e. The standard InChI is InChI=1S/C15H26N2S/c1-3-9-17-10-5-4-6-13(11-16)15(17)14-8-7-12(2)18-14/h7-8,13,15H,3-6,9-11,16H2,1-2H3. The van der Waals surface area contributed by atoms with Crippen LogP contribution in [0.25, 0.3) is 0 Å². The van der Waals surface area contributed by atoms with Crippen molar-refractivity contribution in [3.63, 3.8) is 0 Å². The van der Waals surface area contributed by atoms with Gasteiger partial charge in [-0.3, -0.25) is 4.90 Å². The van der Waals surface area contributed by atoms with Gasteiger partial charge in [-0.1, -0.05) is 13.3 Å². The highest BCUT2D eigenvalue weighted by Gasteiger charge is 2.30. The van der Waals surface area contributed by atoms with Gasteiger partial charge in [-0.05, 0) is 63.9 Å². The number of thiophene rings is 1.